The Bertz CT molecular complexity index is 612. The molecule has 0 N–H and O–H groups in total. The zero-order valence-corrected chi connectivity index (χ0v) is 13.3. The average molecular weight is 336 g/mol. The van der Waals surface area contributed by atoms with Gasteiger partial charge in [-0.2, -0.15) is 30.2 Å². The molecule has 1 fully saturated rings. The highest BCUT2D eigenvalue weighted by Crippen LogP contribution is 2.35. The summed E-state index contributed by atoms with van der Waals surface area (Å²) in [4.78, 5) is 0. The van der Waals surface area contributed by atoms with Gasteiger partial charge in [0, 0.05) is 20.6 Å². The lowest BCUT2D eigenvalue weighted by Gasteiger charge is -2.36. The van der Waals surface area contributed by atoms with Crippen molar-refractivity contribution in [3.63, 3.8) is 0 Å². The van der Waals surface area contributed by atoms with E-state index in [4.69, 9.17) is 0 Å². The number of hydrogen-bond donors (Lipinski definition) is 0. The van der Waals surface area contributed by atoms with Crippen molar-refractivity contribution in [3.05, 3.63) is 35.4 Å². The molecule has 0 unspecified atom stereocenters. The molecule has 0 amide bonds. The molecule has 1 heterocycles. The van der Waals surface area contributed by atoms with Gasteiger partial charge in [0.1, 0.15) is 0 Å². The second-order valence-electron chi connectivity index (χ2n) is 5.53. The smallest absolute Gasteiger partial charge is 0.195 e. The Morgan fingerprint density at radius 2 is 1.73 bits per heavy atom. The maximum atomic E-state index is 12.6. The Kier molecular flexibility index (Phi) is 4.84. The lowest BCUT2D eigenvalue weighted by atomic mass is 9.96. The van der Waals surface area contributed by atoms with E-state index in [1.54, 1.807) is 0 Å². The third-order valence-corrected chi connectivity index (χ3v) is 5.79. The molecule has 22 heavy (non-hydrogen) atoms. The predicted molar refractivity (Wildman–Crippen MR) is 77.3 cm³/mol. The van der Waals surface area contributed by atoms with Gasteiger partial charge in [-0.15, -0.1) is 0 Å². The standard InChI is InChI=1S/C14H19F3N2O2S/c1-18(2)22(20,21)19-10-4-3-5-13(19)11-6-8-12(9-7-11)14(15,16)17/h6-9,13H,3-5,10H2,1-2H3/t13-/m1/s1. The normalized spacial score (nSPS) is 21.3. The highest BCUT2D eigenvalue weighted by atomic mass is 32.2. The van der Waals surface area contributed by atoms with Crippen molar-refractivity contribution in [3.8, 4) is 0 Å². The summed E-state index contributed by atoms with van der Waals surface area (Å²) < 4.78 is 65.1. The van der Waals surface area contributed by atoms with E-state index in [0.717, 1.165) is 29.3 Å². The van der Waals surface area contributed by atoms with Crippen LogP contribution in [0.15, 0.2) is 24.3 Å². The van der Waals surface area contributed by atoms with Gasteiger partial charge in [0.05, 0.1) is 11.6 Å². The summed E-state index contributed by atoms with van der Waals surface area (Å²) in [6.45, 7) is 0.381. The van der Waals surface area contributed by atoms with Crippen LogP contribution in [-0.2, 0) is 16.4 Å². The Morgan fingerprint density at radius 1 is 1.14 bits per heavy atom. The maximum Gasteiger partial charge on any atom is 0.416 e. The second-order valence-corrected chi connectivity index (χ2v) is 7.63. The molecule has 1 aromatic rings. The highest BCUT2D eigenvalue weighted by molar-refractivity contribution is 7.86. The van der Waals surface area contributed by atoms with Gasteiger partial charge < -0.3 is 0 Å². The molecular formula is C14H19F3N2O2S. The molecule has 0 radical (unpaired) electrons. The van der Waals surface area contributed by atoms with Crippen LogP contribution in [0.25, 0.3) is 0 Å². The monoisotopic (exact) mass is 336 g/mol. The van der Waals surface area contributed by atoms with Crippen LogP contribution in [0.5, 0.6) is 0 Å². The van der Waals surface area contributed by atoms with Gasteiger partial charge in [-0.25, -0.2) is 0 Å². The summed E-state index contributed by atoms with van der Waals surface area (Å²) in [6, 6.07) is 4.34. The molecule has 0 bridgehead atoms. The molecule has 0 aromatic heterocycles. The van der Waals surface area contributed by atoms with Crippen molar-refractivity contribution in [1.82, 2.24) is 8.61 Å². The fraction of sp³-hybridized carbons (Fsp3) is 0.571. The van der Waals surface area contributed by atoms with E-state index in [0.29, 0.717) is 18.5 Å². The summed E-state index contributed by atoms with van der Waals surface area (Å²) in [6.07, 6.45) is -2.17. The van der Waals surface area contributed by atoms with Crippen LogP contribution < -0.4 is 0 Å². The summed E-state index contributed by atoms with van der Waals surface area (Å²) in [5.41, 5.74) is -0.132. The van der Waals surface area contributed by atoms with Gasteiger partial charge in [0.25, 0.3) is 10.2 Å². The van der Waals surface area contributed by atoms with E-state index in [1.165, 1.54) is 30.5 Å². The van der Waals surface area contributed by atoms with E-state index >= 15 is 0 Å². The van der Waals surface area contributed by atoms with E-state index in [2.05, 4.69) is 0 Å². The van der Waals surface area contributed by atoms with Gasteiger partial charge in [0.2, 0.25) is 0 Å². The van der Waals surface area contributed by atoms with Crippen molar-refractivity contribution in [2.75, 3.05) is 20.6 Å². The molecule has 0 aliphatic carbocycles. The van der Waals surface area contributed by atoms with Crippen molar-refractivity contribution < 1.29 is 21.6 Å². The number of hydrogen-bond acceptors (Lipinski definition) is 2. The number of alkyl halides is 3. The number of nitrogens with zero attached hydrogens (tertiary/aromatic N) is 2. The second kappa shape index (κ2) is 6.17. The van der Waals surface area contributed by atoms with Crippen molar-refractivity contribution in [1.29, 1.82) is 0 Å². The first-order chi connectivity index (χ1) is 10.1. The summed E-state index contributed by atoms with van der Waals surface area (Å²) in [7, 11) is -0.687. The van der Waals surface area contributed by atoms with Gasteiger partial charge >= 0.3 is 6.18 Å². The van der Waals surface area contributed by atoms with E-state index in [1.807, 2.05) is 0 Å². The fourth-order valence-electron chi connectivity index (χ4n) is 2.62. The Balaban J connectivity index is 2.32. The van der Waals surface area contributed by atoms with Gasteiger partial charge in [-0.1, -0.05) is 18.6 Å². The zero-order chi connectivity index (χ0) is 16.5. The SMILES string of the molecule is CN(C)S(=O)(=O)N1CCCC[C@@H]1c1ccc(C(F)(F)F)cc1. The highest BCUT2D eigenvalue weighted by Gasteiger charge is 2.35. The average Bonchev–Trinajstić information content (AvgIpc) is 2.46. The molecule has 0 spiro atoms. The third kappa shape index (κ3) is 3.44. The number of benzene rings is 1. The van der Waals surface area contributed by atoms with Crippen LogP contribution in [0.3, 0.4) is 0 Å². The molecule has 2 rings (SSSR count). The van der Waals surface area contributed by atoms with E-state index in [9.17, 15) is 21.6 Å². The van der Waals surface area contributed by atoms with Crippen LogP contribution in [-0.4, -0.2) is 37.7 Å². The number of halogens is 3. The van der Waals surface area contributed by atoms with Crippen LogP contribution in [0, 0.1) is 0 Å². The molecule has 1 aliphatic heterocycles. The minimum Gasteiger partial charge on any atom is -0.195 e. The molecule has 1 atom stereocenters. The first-order valence-corrected chi connectivity index (χ1v) is 8.40. The van der Waals surface area contributed by atoms with Crippen molar-refractivity contribution in [2.24, 2.45) is 0 Å². The Morgan fingerprint density at radius 3 is 2.23 bits per heavy atom. The number of piperidine rings is 1. The molecule has 0 saturated carbocycles. The fourth-order valence-corrected chi connectivity index (χ4v) is 3.95. The quantitative estimate of drug-likeness (QED) is 0.851. The largest absolute Gasteiger partial charge is 0.416 e. The molecule has 8 heteroatoms. The summed E-state index contributed by atoms with van der Waals surface area (Å²) >= 11 is 0. The maximum absolute atomic E-state index is 12.6. The first-order valence-electron chi connectivity index (χ1n) is 7.00. The van der Waals surface area contributed by atoms with Crippen LogP contribution >= 0.6 is 0 Å². The molecule has 1 aromatic carbocycles. The number of rotatable bonds is 3. The van der Waals surface area contributed by atoms with Gasteiger partial charge in [-0.3, -0.25) is 0 Å². The Labute approximate surface area is 128 Å². The van der Waals surface area contributed by atoms with Crippen molar-refractivity contribution in [2.45, 2.75) is 31.5 Å². The summed E-state index contributed by atoms with van der Waals surface area (Å²) in [5.74, 6) is 0. The summed E-state index contributed by atoms with van der Waals surface area (Å²) in [5, 5.41) is 0. The minimum absolute atomic E-state index is 0.381. The first kappa shape index (κ1) is 17.2. The molecule has 1 aliphatic rings. The topological polar surface area (TPSA) is 40.6 Å². The molecular weight excluding hydrogens is 317 g/mol. The Hall–Kier alpha value is -1.12. The van der Waals surface area contributed by atoms with Crippen LogP contribution in [0.1, 0.15) is 36.4 Å². The predicted octanol–water partition coefficient (Wildman–Crippen LogP) is 3.04. The molecule has 4 nitrogen and oxygen atoms in total. The van der Waals surface area contributed by atoms with E-state index in [-0.39, 0.29) is 0 Å². The lowest BCUT2D eigenvalue weighted by Crippen LogP contribution is -2.44. The van der Waals surface area contributed by atoms with E-state index < -0.39 is 28.0 Å². The lowest BCUT2D eigenvalue weighted by molar-refractivity contribution is -0.137. The van der Waals surface area contributed by atoms with Crippen LogP contribution in [0.4, 0.5) is 13.2 Å². The minimum atomic E-state index is -4.39. The van der Waals surface area contributed by atoms with Gasteiger partial charge in [0.15, 0.2) is 0 Å². The zero-order valence-electron chi connectivity index (χ0n) is 12.5. The van der Waals surface area contributed by atoms with Crippen LogP contribution in [0.2, 0.25) is 0 Å². The van der Waals surface area contributed by atoms with Gasteiger partial charge in [-0.05, 0) is 30.5 Å². The molecule has 1 saturated heterocycles. The third-order valence-electron chi connectivity index (χ3n) is 3.83. The van der Waals surface area contributed by atoms with Crippen molar-refractivity contribution >= 4 is 10.2 Å². The molecule has 124 valence electrons.